The standard InChI is InChI=1S/C13H19FN2O3/c1-2-13(7-17,8-18)16-6-10-4-3-9(12(15)19)5-11(10)14/h3-5,16-18H,2,6-8H2,1H3,(H2,15,19). The first-order valence-electron chi connectivity index (χ1n) is 6.03. The first kappa shape index (κ1) is 15.6. The summed E-state index contributed by atoms with van der Waals surface area (Å²) in [6.45, 7) is 1.45. The fraction of sp³-hybridized carbons (Fsp3) is 0.462. The average molecular weight is 270 g/mol. The SMILES string of the molecule is CCC(CO)(CO)NCc1ccc(C(N)=O)cc1F. The first-order chi connectivity index (χ1) is 8.98. The van der Waals surface area contributed by atoms with Crippen molar-refractivity contribution in [2.75, 3.05) is 13.2 Å². The summed E-state index contributed by atoms with van der Waals surface area (Å²) in [6, 6.07) is 3.97. The number of aliphatic hydroxyl groups is 2. The minimum atomic E-state index is -0.838. The van der Waals surface area contributed by atoms with Crippen molar-refractivity contribution in [3.8, 4) is 0 Å². The van der Waals surface area contributed by atoms with Gasteiger partial charge in [0, 0.05) is 17.7 Å². The third kappa shape index (κ3) is 3.73. The van der Waals surface area contributed by atoms with E-state index in [9.17, 15) is 19.4 Å². The van der Waals surface area contributed by atoms with Crippen LogP contribution < -0.4 is 11.1 Å². The van der Waals surface area contributed by atoms with Crippen LogP contribution in [0.1, 0.15) is 29.3 Å². The Kier molecular flexibility index (Phi) is 5.41. The van der Waals surface area contributed by atoms with Crippen molar-refractivity contribution in [2.45, 2.75) is 25.4 Å². The van der Waals surface area contributed by atoms with Crippen LogP contribution in [0.25, 0.3) is 0 Å². The second-order valence-electron chi connectivity index (χ2n) is 4.47. The number of benzene rings is 1. The second-order valence-corrected chi connectivity index (χ2v) is 4.47. The Morgan fingerprint density at radius 1 is 1.42 bits per heavy atom. The van der Waals surface area contributed by atoms with Crippen LogP contribution in [0.3, 0.4) is 0 Å². The predicted molar refractivity (Wildman–Crippen MR) is 69.0 cm³/mol. The molecule has 106 valence electrons. The third-order valence-corrected chi connectivity index (χ3v) is 3.27. The number of nitrogens with one attached hydrogen (secondary N) is 1. The smallest absolute Gasteiger partial charge is 0.248 e. The molecule has 1 rings (SSSR count). The largest absolute Gasteiger partial charge is 0.394 e. The fourth-order valence-electron chi connectivity index (χ4n) is 1.64. The van der Waals surface area contributed by atoms with Gasteiger partial charge in [-0.2, -0.15) is 0 Å². The van der Waals surface area contributed by atoms with Crippen molar-refractivity contribution in [2.24, 2.45) is 5.73 Å². The Morgan fingerprint density at radius 3 is 2.47 bits per heavy atom. The van der Waals surface area contributed by atoms with Crippen LogP contribution in [-0.2, 0) is 6.54 Å². The Balaban J connectivity index is 2.80. The van der Waals surface area contributed by atoms with Gasteiger partial charge in [0.15, 0.2) is 0 Å². The lowest BCUT2D eigenvalue weighted by molar-refractivity contribution is 0.0861. The van der Waals surface area contributed by atoms with Crippen molar-refractivity contribution in [1.29, 1.82) is 0 Å². The zero-order chi connectivity index (χ0) is 14.5. The molecule has 0 aliphatic rings. The summed E-state index contributed by atoms with van der Waals surface area (Å²) in [5, 5.41) is 21.5. The quantitative estimate of drug-likeness (QED) is 0.567. The summed E-state index contributed by atoms with van der Waals surface area (Å²) < 4.78 is 13.7. The van der Waals surface area contributed by atoms with E-state index in [-0.39, 0.29) is 25.3 Å². The number of nitrogens with two attached hydrogens (primary N) is 1. The number of rotatable bonds is 7. The molecule has 0 radical (unpaired) electrons. The fourth-order valence-corrected chi connectivity index (χ4v) is 1.64. The molecule has 6 heteroatoms. The van der Waals surface area contributed by atoms with E-state index < -0.39 is 17.3 Å². The summed E-state index contributed by atoms with van der Waals surface area (Å²) >= 11 is 0. The van der Waals surface area contributed by atoms with Crippen molar-refractivity contribution in [3.63, 3.8) is 0 Å². The molecule has 1 aromatic carbocycles. The van der Waals surface area contributed by atoms with Crippen molar-refractivity contribution in [3.05, 3.63) is 35.1 Å². The number of hydrogen-bond donors (Lipinski definition) is 4. The Morgan fingerprint density at radius 2 is 2.05 bits per heavy atom. The minimum Gasteiger partial charge on any atom is -0.394 e. The van der Waals surface area contributed by atoms with Gasteiger partial charge in [0.2, 0.25) is 5.91 Å². The monoisotopic (exact) mass is 270 g/mol. The highest BCUT2D eigenvalue weighted by Crippen LogP contribution is 2.14. The third-order valence-electron chi connectivity index (χ3n) is 3.27. The molecule has 0 aromatic heterocycles. The van der Waals surface area contributed by atoms with Crippen molar-refractivity contribution >= 4 is 5.91 Å². The predicted octanol–water partition coefficient (Wildman–Crippen LogP) is 0.148. The van der Waals surface area contributed by atoms with Crippen LogP contribution in [0.15, 0.2) is 18.2 Å². The molecule has 0 unspecified atom stereocenters. The lowest BCUT2D eigenvalue weighted by Crippen LogP contribution is -2.50. The molecule has 0 saturated heterocycles. The van der Waals surface area contributed by atoms with Crippen molar-refractivity contribution in [1.82, 2.24) is 5.32 Å². The van der Waals surface area contributed by atoms with Crippen LogP contribution in [0, 0.1) is 5.82 Å². The molecule has 0 atom stereocenters. The van der Waals surface area contributed by atoms with Gasteiger partial charge in [0.1, 0.15) is 5.82 Å². The molecule has 0 heterocycles. The molecule has 0 spiro atoms. The lowest BCUT2D eigenvalue weighted by atomic mass is 9.98. The first-order valence-corrected chi connectivity index (χ1v) is 6.03. The second kappa shape index (κ2) is 6.60. The average Bonchev–Trinajstić information content (AvgIpc) is 2.42. The Hall–Kier alpha value is -1.50. The summed E-state index contributed by atoms with van der Waals surface area (Å²) in [5.41, 5.74) is 4.66. The molecule has 5 N–H and O–H groups in total. The van der Waals surface area contributed by atoms with E-state index in [1.54, 1.807) is 0 Å². The van der Waals surface area contributed by atoms with E-state index in [0.29, 0.717) is 12.0 Å². The highest BCUT2D eigenvalue weighted by molar-refractivity contribution is 5.92. The molecule has 1 aromatic rings. The maximum absolute atomic E-state index is 13.7. The van der Waals surface area contributed by atoms with E-state index in [1.807, 2.05) is 6.92 Å². The summed E-state index contributed by atoms with van der Waals surface area (Å²) in [5.74, 6) is -1.24. The molecule has 1 amide bonds. The van der Waals surface area contributed by atoms with E-state index in [0.717, 1.165) is 6.07 Å². The molecular formula is C13H19FN2O3. The molecule has 0 saturated carbocycles. The number of carbonyl (C=O) groups is 1. The molecular weight excluding hydrogens is 251 g/mol. The van der Waals surface area contributed by atoms with Gasteiger partial charge in [-0.15, -0.1) is 0 Å². The normalized spacial score (nSPS) is 11.6. The van der Waals surface area contributed by atoms with Crippen LogP contribution in [-0.4, -0.2) is 34.9 Å². The van der Waals surface area contributed by atoms with Gasteiger partial charge in [0.05, 0.1) is 18.8 Å². The maximum Gasteiger partial charge on any atom is 0.248 e. The van der Waals surface area contributed by atoms with Gasteiger partial charge in [-0.1, -0.05) is 13.0 Å². The van der Waals surface area contributed by atoms with Crippen molar-refractivity contribution < 1.29 is 19.4 Å². The lowest BCUT2D eigenvalue weighted by Gasteiger charge is -2.30. The van der Waals surface area contributed by atoms with E-state index in [2.05, 4.69) is 5.32 Å². The van der Waals surface area contributed by atoms with E-state index in [1.165, 1.54) is 12.1 Å². The molecule has 5 nitrogen and oxygen atoms in total. The van der Waals surface area contributed by atoms with Gasteiger partial charge >= 0.3 is 0 Å². The van der Waals surface area contributed by atoms with Gasteiger partial charge in [-0.25, -0.2) is 4.39 Å². The van der Waals surface area contributed by atoms with Crippen LogP contribution >= 0.6 is 0 Å². The van der Waals surface area contributed by atoms with Crippen LogP contribution in [0.5, 0.6) is 0 Å². The molecule has 0 aliphatic carbocycles. The summed E-state index contributed by atoms with van der Waals surface area (Å²) in [4.78, 5) is 10.9. The van der Waals surface area contributed by atoms with Gasteiger partial charge < -0.3 is 21.3 Å². The number of amides is 1. The highest BCUT2D eigenvalue weighted by Gasteiger charge is 2.25. The number of halogens is 1. The molecule has 0 bridgehead atoms. The molecule has 19 heavy (non-hydrogen) atoms. The molecule has 0 aliphatic heterocycles. The topological polar surface area (TPSA) is 95.6 Å². The zero-order valence-electron chi connectivity index (χ0n) is 10.8. The number of hydrogen-bond acceptors (Lipinski definition) is 4. The van der Waals surface area contributed by atoms with Gasteiger partial charge in [-0.05, 0) is 18.6 Å². The Labute approximate surface area is 111 Å². The van der Waals surface area contributed by atoms with E-state index in [4.69, 9.17) is 5.73 Å². The zero-order valence-corrected chi connectivity index (χ0v) is 10.8. The minimum absolute atomic E-state index is 0.104. The molecule has 0 fully saturated rings. The van der Waals surface area contributed by atoms with Crippen LogP contribution in [0.2, 0.25) is 0 Å². The number of primary amides is 1. The highest BCUT2D eigenvalue weighted by atomic mass is 19.1. The number of aliphatic hydroxyl groups excluding tert-OH is 2. The Bertz CT molecular complexity index is 439. The van der Waals surface area contributed by atoms with E-state index >= 15 is 0 Å². The summed E-state index contributed by atoms with van der Waals surface area (Å²) in [6.07, 6.45) is 0.501. The summed E-state index contributed by atoms with van der Waals surface area (Å²) in [7, 11) is 0. The maximum atomic E-state index is 13.7. The number of carbonyl (C=O) groups excluding carboxylic acids is 1. The van der Waals surface area contributed by atoms with Crippen LogP contribution in [0.4, 0.5) is 4.39 Å². The van der Waals surface area contributed by atoms with Gasteiger partial charge in [0.25, 0.3) is 0 Å². The van der Waals surface area contributed by atoms with Gasteiger partial charge in [-0.3, -0.25) is 4.79 Å².